The molecule has 4 rings (SSSR count). The normalized spacial score (nSPS) is 15.9. The second-order valence-electron chi connectivity index (χ2n) is 7.56. The molecule has 0 spiro atoms. The van der Waals surface area contributed by atoms with E-state index < -0.39 is 0 Å². The van der Waals surface area contributed by atoms with E-state index in [-0.39, 0.29) is 17.8 Å². The van der Waals surface area contributed by atoms with Crippen molar-refractivity contribution < 1.29 is 9.18 Å². The van der Waals surface area contributed by atoms with Crippen LogP contribution in [-0.4, -0.2) is 41.9 Å². The van der Waals surface area contributed by atoms with Crippen molar-refractivity contribution in [3.05, 3.63) is 107 Å². The number of benzene rings is 3. The summed E-state index contributed by atoms with van der Waals surface area (Å²) in [4.78, 5) is 17.1. The minimum absolute atomic E-state index is 0.0313. The van der Waals surface area contributed by atoms with Crippen LogP contribution in [0.2, 0.25) is 0 Å². The van der Waals surface area contributed by atoms with E-state index in [4.69, 9.17) is 0 Å². The number of hydrogen-bond donors (Lipinski definition) is 0. The van der Waals surface area contributed by atoms with Crippen LogP contribution in [-0.2, 0) is 0 Å². The summed E-state index contributed by atoms with van der Waals surface area (Å²) in [5, 5.41) is 0. The molecule has 1 fully saturated rings. The topological polar surface area (TPSA) is 23.6 Å². The Labute approximate surface area is 171 Å². The third kappa shape index (κ3) is 4.38. The Morgan fingerprint density at radius 1 is 0.793 bits per heavy atom. The van der Waals surface area contributed by atoms with Gasteiger partial charge in [-0.05, 0) is 42.3 Å². The monoisotopic (exact) mass is 388 g/mol. The van der Waals surface area contributed by atoms with Gasteiger partial charge in [0.25, 0.3) is 5.91 Å². The minimum atomic E-state index is -0.324. The van der Waals surface area contributed by atoms with Crippen LogP contribution in [0.25, 0.3) is 0 Å². The van der Waals surface area contributed by atoms with Crippen molar-refractivity contribution in [1.29, 1.82) is 0 Å². The molecule has 0 saturated carbocycles. The molecule has 3 nitrogen and oxygen atoms in total. The zero-order chi connectivity index (χ0) is 20.2. The summed E-state index contributed by atoms with van der Waals surface area (Å²) in [5.74, 6) is -0.355. The third-order valence-corrected chi connectivity index (χ3v) is 5.57. The van der Waals surface area contributed by atoms with Gasteiger partial charge in [0, 0.05) is 31.7 Å². The molecule has 29 heavy (non-hydrogen) atoms. The summed E-state index contributed by atoms with van der Waals surface area (Å²) in [7, 11) is 0. The number of carbonyl (C=O) groups is 1. The van der Waals surface area contributed by atoms with Crippen LogP contribution in [0, 0.1) is 12.7 Å². The average molecular weight is 388 g/mol. The highest BCUT2D eigenvalue weighted by atomic mass is 19.1. The number of halogens is 1. The second kappa shape index (κ2) is 8.58. The summed E-state index contributed by atoms with van der Waals surface area (Å²) in [6.45, 7) is 5.00. The highest BCUT2D eigenvalue weighted by molar-refractivity contribution is 5.94. The number of nitrogens with zero attached hydrogens (tertiary/aromatic N) is 2. The van der Waals surface area contributed by atoms with Gasteiger partial charge in [0.2, 0.25) is 0 Å². The van der Waals surface area contributed by atoms with Crippen molar-refractivity contribution in [2.24, 2.45) is 0 Å². The molecule has 1 aliphatic heterocycles. The molecule has 0 N–H and O–H groups in total. The predicted octanol–water partition coefficient (Wildman–Crippen LogP) is 4.68. The van der Waals surface area contributed by atoms with Gasteiger partial charge in [0.15, 0.2) is 0 Å². The van der Waals surface area contributed by atoms with Gasteiger partial charge in [-0.15, -0.1) is 0 Å². The molecule has 0 bridgehead atoms. The maximum atomic E-state index is 13.1. The Balaban J connectivity index is 1.51. The Bertz CT molecular complexity index is 946. The van der Waals surface area contributed by atoms with E-state index in [0.717, 1.165) is 13.1 Å². The van der Waals surface area contributed by atoms with Gasteiger partial charge in [0.1, 0.15) is 5.82 Å². The van der Waals surface area contributed by atoms with E-state index in [1.807, 2.05) is 11.0 Å². The van der Waals surface area contributed by atoms with Crippen LogP contribution in [0.3, 0.4) is 0 Å². The molecule has 1 unspecified atom stereocenters. The zero-order valence-corrected chi connectivity index (χ0v) is 16.6. The lowest BCUT2D eigenvalue weighted by Gasteiger charge is -2.40. The van der Waals surface area contributed by atoms with E-state index in [1.165, 1.54) is 28.8 Å². The number of carbonyl (C=O) groups excluding carboxylic acids is 1. The van der Waals surface area contributed by atoms with Crippen LogP contribution in [0.1, 0.15) is 33.1 Å². The maximum Gasteiger partial charge on any atom is 0.253 e. The zero-order valence-electron chi connectivity index (χ0n) is 16.6. The van der Waals surface area contributed by atoms with E-state index >= 15 is 0 Å². The maximum absolute atomic E-state index is 13.1. The first-order valence-corrected chi connectivity index (χ1v) is 10.0. The molecule has 4 heteroatoms. The van der Waals surface area contributed by atoms with Gasteiger partial charge < -0.3 is 4.90 Å². The number of aryl methyl sites for hydroxylation is 1. The molecule has 1 heterocycles. The fourth-order valence-corrected chi connectivity index (χ4v) is 3.96. The lowest BCUT2D eigenvalue weighted by atomic mass is 9.95. The van der Waals surface area contributed by atoms with Gasteiger partial charge in [0.05, 0.1) is 6.04 Å². The molecule has 1 aliphatic rings. The molecule has 1 atom stereocenters. The highest BCUT2D eigenvalue weighted by Gasteiger charge is 2.28. The summed E-state index contributed by atoms with van der Waals surface area (Å²) in [5.41, 5.74) is 4.31. The molecular weight excluding hydrogens is 363 g/mol. The number of hydrogen-bond acceptors (Lipinski definition) is 2. The summed E-state index contributed by atoms with van der Waals surface area (Å²) in [6.07, 6.45) is 0. The number of piperazine rings is 1. The average Bonchev–Trinajstić information content (AvgIpc) is 2.77. The van der Waals surface area contributed by atoms with E-state index in [9.17, 15) is 9.18 Å². The first-order chi connectivity index (χ1) is 14.1. The molecule has 1 amide bonds. The largest absolute Gasteiger partial charge is 0.336 e. The molecule has 1 saturated heterocycles. The Kier molecular flexibility index (Phi) is 5.72. The molecule has 0 radical (unpaired) electrons. The number of rotatable bonds is 4. The molecule has 148 valence electrons. The lowest BCUT2D eigenvalue weighted by Crippen LogP contribution is -2.49. The van der Waals surface area contributed by atoms with Gasteiger partial charge in [-0.2, -0.15) is 0 Å². The summed E-state index contributed by atoms with van der Waals surface area (Å²) in [6, 6.07) is 25.2. The third-order valence-electron chi connectivity index (χ3n) is 5.57. The predicted molar refractivity (Wildman–Crippen MR) is 113 cm³/mol. The SMILES string of the molecule is Cc1ccc(C(c2ccccc2)N2CCN(C(=O)c3ccc(F)cc3)CC2)cc1. The molecule has 3 aromatic carbocycles. The first-order valence-electron chi connectivity index (χ1n) is 10.0. The Morgan fingerprint density at radius 2 is 1.38 bits per heavy atom. The van der Waals surface area contributed by atoms with Gasteiger partial charge >= 0.3 is 0 Å². The first kappa shape index (κ1) is 19.3. The van der Waals surface area contributed by atoms with Crippen molar-refractivity contribution in [3.8, 4) is 0 Å². The van der Waals surface area contributed by atoms with Crippen LogP contribution >= 0.6 is 0 Å². The molecule has 0 aromatic heterocycles. The van der Waals surface area contributed by atoms with Crippen LogP contribution in [0.5, 0.6) is 0 Å². The smallest absolute Gasteiger partial charge is 0.253 e. The molecule has 0 aliphatic carbocycles. The Morgan fingerprint density at radius 3 is 2.00 bits per heavy atom. The van der Waals surface area contributed by atoms with Gasteiger partial charge in [-0.3, -0.25) is 9.69 Å². The van der Waals surface area contributed by atoms with Crippen LogP contribution < -0.4 is 0 Å². The van der Waals surface area contributed by atoms with Crippen molar-refractivity contribution >= 4 is 5.91 Å². The summed E-state index contributed by atoms with van der Waals surface area (Å²) < 4.78 is 13.1. The van der Waals surface area contributed by atoms with Crippen molar-refractivity contribution in [3.63, 3.8) is 0 Å². The fourth-order valence-electron chi connectivity index (χ4n) is 3.96. The molecule has 3 aromatic rings. The second-order valence-corrected chi connectivity index (χ2v) is 7.56. The molecular formula is C25H25FN2O. The quantitative estimate of drug-likeness (QED) is 0.648. The summed E-state index contributed by atoms with van der Waals surface area (Å²) >= 11 is 0. The fraction of sp³-hybridized carbons (Fsp3) is 0.240. The van der Waals surface area contributed by atoms with Crippen LogP contribution in [0.4, 0.5) is 4.39 Å². The standard InChI is InChI=1S/C25H25FN2O/c1-19-7-9-21(10-8-19)24(20-5-3-2-4-6-20)27-15-17-28(18-16-27)25(29)22-11-13-23(26)14-12-22/h2-14,24H,15-18H2,1H3. The van der Waals surface area contributed by atoms with Gasteiger partial charge in [-0.25, -0.2) is 4.39 Å². The van der Waals surface area contributed by atoms with Gasteiger partial charge in [-0.1, -0.05) is 60.2 Å². The highest BCUT2D eigenvalue weighted by Crippen LogP contribution is 2.30. The van der Waals surface area contributed by atoms with E-state index in [1.54, 1.807) is 12.1 Å². The van der Waals surface area contributed by atoms with Crippen molar-refractivity contribution in [2.75, 3.05) is 26.2 Å². The van der Waals surface area contributed by atoms with E-state index in [0.29, 0.717) is 18.7 Å². The lowest BCUT2D eigenvalue weighted by molar-refractivity contribution is 0.0597. The van der Waals surface area contributed by atoms with Crippen LogP contribution in [0.15, 0.2) is 78.9 Å². The van der Waals surface area contributed by atoms with Crippen molar-refractivity contribution in [2.45, 2.75) is 13.0 Å². The van der Waals surface area contributed by atoms with E-state index in [2.05, 4.69) is 60.4 Å². The number of amides is 1. The minimum Gasteiger partial charge on any atom is -0.336 e. The van der Waals surface area contributed by atoms with Crippen molar-refractivity contribution in [1.82, 2.24) is 9.80 Å². The Hall–Kier alpha value is -2.98.